The summed E-state index contributed by atoms with van der Waals surface area (Å²) in [5.74, 6) is 0.808. The van der Waals surface area contributed by atoms with Gasteiger partial charge in [0.15, 0.2) is 5.82 Å². The molecule has 1 aliphatic heterocycles. The molecule has 110 valence electrons. The second-order valence-corrected chi connectivity index (χ2v) is 6.23. The topological polar surface area (TPSA) is 89.3 Å². The Balaban J connectivity index is 1.61. The van der Waals surface area contributed by atoms with Crippen molar-refractivity contribution >= 4 is 28.3 Å². The van der Waals surface area contributed by atoms with Crippen LogP contribution in [-0.4, -0.2) is 36.1 Å². The highest BCUT2D eigenvalue weighted by atomic mass is 32.1. The Morgan fingerprint density at radius 3 is 2.80 bits per heavy atom. The number of carbonyl (C=O) groups excluding carboxylic acids is 1. The third-order valence-electron chi connectivity index (χ3n) is 3.75. The van der Waals surface area contributed by atoms with E-state index in [-0.39, 0.29) is 5.91 Å². The molecule has 1 amide bonds. The third-order valence-corrected chi connectivity index (χ3v) is 4.57. The molecule has 0 radical (unpaired) electrons. The molecule has 6 nitrogen and oxygen atoms in total. The Kier molecular flexibility index (Phi) is 4.07. The number of anilines is 2. The molecule has 2 heterocycles. The second-order valence-electron chi connectivity index (χ2n) is 5.46. The molecule has 0 unspecified atom stereocenters. The summed E-state index contributed by atoms with van der Waals surface area (Å²) in [6.45, 7) is 2.49. The van der Waals surface area contributed by atoms with Crippen molar-refractivity contribution in [2.24, 2.45) is 5.92 Å². The van der Waals surface area contributed by atoms with E-state index in [1.54, 1.807) is 0 Å². The van der Waals surface area contributed by atoms with Crippen molar-refractivity contribution in [2.75, 3.05) is 30.8 Å². The summed E-state index contributed by atoms with van der Waals surface area (Å²) in [5.41, 5.74) is 6.33. The van der Waals surface area contributed by atoms with Gasteiger partial charge in [0, 0.05) is 25.8 Å². The molecule has 7 heteroatoms. The molecule has 2 fully saturated rings. The van der Waals surface area contributed by atoms with Crippen molar-refractivity contribution in [1.82, 2.24) is 9.69 Å². The van der Waals surface area contributed by atoms with Crippen LogP contribution in [0.3, 0.4) is 0 Å². The van der Waals surface area contributed by atoms with Gasteiger partial charge in [-0.1, -0.05) is 0 Å². The monoisotopic (exact) mass is 296 g/mol. The summed E-state index contributed by atoms with van der Waals surface area (Å²) >= 11 is 1.26. The van der Waals surface area contributed by atoms with Crippen LogP contribution in [-0.2, 0) is 4.74 Å². The van der Waals surface area contributed by atoms with E-state index in [9.17, 15) is 4.79 Å². The van der Waals surface area contributed by atoms with Gasteiger partial charge in [-0.25, -0.2) is 0 Å². The number of hydrogen-bond acceptors (Lipinski definition) is 6. The standard InChI is InChI=1S/C13H20N4O2S/c14-11-10(12(18)16-9-1-2-9)13(20-17-11)15-7-8-3-5-19-6-4-8/h8-9,15H,1-7H2,(H2,14,17)(H,16,18). The number of nitrogens with zero attached hydrogens (tertiary/aromatic N) is 1. The van der Waals surface area contributed by atoms with Crippen LogP contribution in [0.1, 0.15) is 36.0 Å². The summed E-state index contributed by atoms with van der Waals surface area (Å²) in [6, 6.07) is 0.324. The summed E-state index contributed by atoms with van der Waals surface area (Å²) in [6.07, 6.45) is 4.25. The highest BCUT2D eigenvalue weighted by molar-refractivity contribution is 7.11. The van der Waals surface area contributed by atoms with Gasteiger partial charge >= 0.3 is 0 Å². The van der Waals surface area contributed by atoms with Crippen LogP contribution in [0.5, 0.6) is 0 Å². The smallest absolute Gasteiger partial charge is 0.258 e. The van der Waals surface area contributed by atoms with Crippen LogP contribution in [0.4, 0.5) is 10.8 Å². The average molecular weight is 296 g/mol. The number of nitrogens with one attached hydrogen (secondary N) is 2. The normalized spacial score (nSPS) is 19.8. The lowest BCUT2D eigenvalue weighted by Crippen LogP contribution is -2.27. The Bertz CT molecular complexity index is 481. The molecule has 0 atom stereocenters. The SMILES string of the molecule is Nc1nsc(NCC2CCOCC2)c1C(=O)NC1CC1. The summed E-state index contributed by atoms with van der Waals surface area (Å²) in [5, 5.41) is 7.09. The third kappa shape index (κ3) is 3.21. The maximum atomic E-state index is 12.2. The Morgan fingerprint density at radius 2 is 2.10 bits per heavy atom. The van der Waals surface area contributed by atoms with Crippen LogP contribution in [0.25, 0.3) is 0 Å². The molecule has 1 aliphatic carbocycles. The number of nitrogens with two attached hydrogens (primary N) is 1. The molecule has 3 rings (SSSR count). The van der Waals surface area contributed by atoms with Crippen LogP contribution < -0.4 is 16.4 Å². The minimum Gasteiger partial charge on any atom is -0.382 e. The highest BCUT2D eigenvalue weighted by Crippen LogP contribution is 2.29. The van der Waals surface area contributed by atoms with Crippen molar-refractivity contribution in [3.63, 3.8) is 0 Å². The number of amides is 1. The van der Waals surface area contributed by atoms with Gasteiger partial charge in [-0.05, 0) is 43.1 Å². The molecule has 1 aromatic heterocycles. The zero-order valence-electron chi connectivity index (χ0n) is 11.4. The average Bonchev–Trinajstić information content (AvgIpc) is 3.19. The van der Waals surface area contributed by atoms with E-state index in [2.05, 4.69) is 15.0 Å². The summed E-state index contributed by atoms with van der Waals surface area (Å²) in [4.78, 5) is 12.2. The Labute approximate surface area is 122 Å². The number of hydrogen-bond donors (Lipinski definition) is 3. The van der Waals surface area contributed by atoms with Gasteiger partial charge in [0.2, 0.25) is 0 Å². The molecule has 1 aromatic rings. The van der Waals surface area contributed by atoms with E-state index < -0.39 is 0 Å². The molecule has 4 N–H and O–H groups in total. The largest absolute Gasteiger partial charge is 0.382 e. The first-order valence-corrected chi connectivity index (χ1v) is 7.89. The number of aromatic nitrogens is 1. The van der Waals surface area contributed by atoms with Gasteiger partial charge in [-0.15, -0.1) is 0 Å². The minimum absolute atomic E-state index is 0.103. The molecular weight excluding hydrogens is 276 g/mol. The number of carbonyl (C=O) groups is 1. The highest BCUT2D eigenvalue weighted by Gasteiger charge is 2.27. The van der Waals surface area contributed by atoms with Gasteiger partial charge in [0.1, 0.15) is 10.6 Å². The van der Waals surface area contributed by atoms with Crippen molar-refractivity contribution in [1.29, 1.82) is 0 Å². The van der Waals surface area contributed by atoms with Crippen LogP contribution >= 0.6 is 11.5 Å². The predicted molar refractivity (Wildman–Crippen MR) is 79.0 cm³/mol. The molecule has 0 aromatic carbocycles. The molecule has 0 bridgehead atoms. The Hall–Kier alpha value is -1.34. The molecular formula is C13H20N4O2S. The lowest BCUT2D eigenvalue weighted by Gasteiger charge is -2.22. The van der Waals surface area contributed by atoms with Gasteiger partial charge < -0.3 is 21.1 Å². The van der Waals surface area contributed by atoms with E-state index in [1.165, 1.54) is 11.5 Å². The van der Waals surface area contributed by atoms with Gasteiger partial charge in [0.05, 0.1) is 0 Å². The summed E-state index contributed by atoms with van der Waals surface area (Å²) in [7, 11) is 0. The maximum Gasteiger partial charge on any atom is 0.258 e. The van der Waals surface area contributed by atoms with Crippen LogP contribution in [0.15, 0.2) is 0 Å². The van der Waals surface area contributed by atoms with E-state index >= 15 is 0 Å². The Morgan fingerprint density at radius 1 is 1.35 bits per heavy atom. The fourth-order valence-corrected chi connectivity index (χ4v) is 3.03. The first-order chi connectivity index (χ1) is 9.74. The quantitative estimate of drug-likeness (QED) is 0.765. The van der Waals surface area contributed by atoms with Gasteiger partial charge in [-0.2, -0.15) is 4.37 Å². The number of rotatable bonds is 5. The lowest BCUT2D eigenvalue weighted by molar-refractivity contribution is 0.0699. The maximum absolute atomic E-state index is 12.2. The first-order valence-electron chi connectivity index (χ1n) is 7.11. The molecule has 1 saturated heterocycles. The van der Waals surface area contributed by atoms with Crippen molar-refractivity contribution < 1.29 is 9.53 Å². The minimum atomic E-state index is -0.103. The molecule has 2 aliphatic rings. The molecule has 20 heavy (non-hydrogen) atoms. The van der Waals surface area contributed by atoms with Crippen LogP contribution in [0, 0.1) is 5.92 Å². The van der Waals surface area contributed by atoms with Crippen molar-refractivity contribution in [2.45, 2.75) is 31.7 Å². The van der Waals surface area contributed by atoms with E-state index in [0.717, 1.165) is 50.4 Å². The zero-order valence-corrected chi connectivity index (χ0v) is 12.2. The molecule has 1 saturated carbocycles. The van der Waals surface area contributed by atoms with Crippen molar-refractivity contribution in [3.05, 3.63) is 5.56 Å². The van der Waals surface area contributed by atoms with Crippen LogP contribution in [0.2, 0.25) is 0 Å². The number of ether oxygens (including phenoxy) is 1. The van der Waals surface area contributed by atoms with E-state index in [4.69, 9.17) is 10.5 Å². The lowest BCUT2D eigenvalue weighted by atomic mass is 10.0. The molecule has 0 spiro atoms. The fraction of sp³-hybridized carbons (Fsp3) is 0.692. The van der Waals surface area contributed by atoms with E-state index in [0.29, 0.717) is 23.3 Å². The van der Waals surface area contributed by atoms with Gasteiger partial charge in [-0.3, -0.25) is 4.79 Å². The van der Waals surface area contributed by atoms with Gasteiger partial charge in [0.25, 0.3) is 5.91 Å². The van der Waals surface area contributed by atoms with E-state index in [1.807, 2.05) is 0 Å². The summed E-state index contributed by atoms with van der Waals surface area (Å²) < 4.78 is 9.45. The fourth-order valence-electron chi connectivity index (χ4n) is 2.32. The number of nitrogen functional groups attached to an aromatic ring is 1. The zero-order chi connectivity index (χ0) is 13.9. The predicted octanol–water partition coefficient (Wildman–Crippen LogP) is 1.46. The first kappa shape index (κ1) is 13.6. The van der Waals surface area contributed by atoms with Crippen molar-refractivity contribution in [3.8, 4) is 0 Å². The second kappa shape index (κ2) is 5.97.